The zero-order valence-corrected chi connectivity index (χ0v) is 11.2. The summed E-state index contributed by atoms with van der Waals surface area (Å²) < 4.78 is 5.10. The van der Waals surface area contributed by atoms with Crippen molar-refractivity contribution in [1.29, 1.82) is 0 Å². The van der Waals surface area contributed by atoms with E-state index in [0.717, 1.165) is 6.42 Å². The van der Waals surface area contributed by atoms with Gasteiger partial charge in [0.05, 0.1) is 13.2 Å². The van der Waals surface area contributed by atoms with Crippen molar-refractivity contribution < 1.29 is 19.4 Å². The Kier molecular flexibility index (Phi) is 5.40. The topological polar surface area (TPSA) is 78.9 Å². The minimum absolute atomic E-state index is 0.0568. The maximum absolute atomic E-state index is 12.1. The second-order valence-electron chi connectivity index (χ2n) is 4.83. The van der Waals surface area contributed by atoms with Gasteiger partial charge in [-0.2, -0.15) is 0 Å². The first kappa shape index (κ1) is 14.8. The molecule has 2 atom stereocenters. The highest BCUT2D eigenvalue weighted by Gasteiger charge is 2.33. The number of nitrogens with one attached hydrogen (secondary N) is 1. The van der Waals surface area contributed by atoms with Crippen molar-refractivity contribution in [2.45, 2.75) is 39.3 Å². The Morgan fingerprint density at radius 1 is 1.50 bits per heavy atom. The fourth-order valence-electron chi connectivity index (χ4n) is 2.03. The van der Waals surface area contributed by atoms with Crippen molar-refractivity contribution in [2.75, 3.05) is 19.8 Å². The second-order valence-corrected chi connectivity index (χ2v) is 4.83. The number of nitrogens with zero attached hydrogens (tertiary/aromatic N) is 1. The average molecular weight is 258 g/mol. The number of carboxylic acids is 1. The number of hydrogen-bond acceptors (Lipinski definition) is 3. The highest BCUT2D eigenvalue weighted by Crippen LogP contribution is 2.10. The largest absolute Gasteiger partial charge is 0.480 e. The van der Waals surface area contributed by atoms with Gasteiger partial charge in [-0.1, -0.05) is 20.8 Å². The molecule has 1 saturated heterocycles. The molecule has 1 aliphatic rings. The molecule has 1 rings (SSSR count). The van der Waals surface area contributed by atoms with Crippen molar-refractivity contribution >= 4 is 12.0 Å². The van der Waals surface area contributed by atoms with E-state index in [1.807, 2.05) is 20.8 Å². The summed E-state index contributed by atoms with van der Waals surface area (Å²) in [4.78, 5) is 24.5. The van der Waals surface area contributed by atoms with Gasteiger partial charge >= 0.3 is 12.0 Å². The summed E-state index contributed by atoms with van der Waals surface area (Å²) in [6.07, 6.45) is 0.825. The number of rotatable bonds is 4. The molecule has 0 spiro atoms. The summed E-state index contributed by atoms with van der Waals surface area (Å²) in [6, 6.07) is -1.13. The first-order valence-electron chi connectivity index (χ1n) is 6.35. The number of hydrogen-bond donors (Lipinski definition) is 2. The highest BCUT2D eigenvalue weighted by atomic mass is 16.5. The van der Waals surface area contributed by atoms with Crippen molar-refractivity contribution in [3.8, 4) is 0 Å². The van der Waals surface area contributed by atoms with Crippen LogP contribution in [0.1, 0.15) is 27.2 Å². The summed E-state index contributed by atoms with van der Waals surface area (Å²) >= 11 is 0. The molecule has 0 aromatic rings. The van der Waals surface area contributed by atoms with Crippen LogP contribution in [0, 0.1) is 5.92 Å². The van der Waals surface area contributed by atoms with E-state index in [-0.39, 0.29) is 18.7 Å². The molecule has 0 aromatic carbocycles. The van der Waals surface area contributed by atoms with E-state index in [9.17, 15) is 9.59 Å². The lowest BCUT2D eigenvalue weighted by Gasteiger charge is -2.34. The SMILES string of the molecule is CCC(NC(=O)N1CCOCC1C(=O)O)C(C)C. The van der Waals surface area contributed by atoms with Gasteiger partial charge in [0.15, 0.2) is 6.04 Å². The van der Waals surface area contributed by atoms with Crippen LogP contribution in [-0.4, -0.2) is 53.8 Å². The van der Waals surface area contributed by atoms with Gasteiger partial charge in [0.1, 0.15) is 0 Å². The normalized spacial score (nSPS) is 21.8. The molecule has 2 N–H and O–H groups in total. The maximum Gasteiger partial charge on any atom is 0.328 e. The molecule has 0 aliphatic carbocycles. The Morgan fingerprint density at radius 3 is 2.67 bits per heavy atom. The third-order valence-corrected chi connectivity index (χ3v) is 3.23. The van der Waals surface area contributed by atoms with Crippen LogP contribution in [0.15, 0.2) is 0 Å². The fraction of sp³-hybridized carbons (Fsp3) is 0.833. The van der Waals surface area contributed by atoms with Crippen molar-refractivity contribution in [3.63, 3.8) is 0 Å². The number of carbonyl (C=O) groups excluding carboxylic acids is 1. The highest BCUT2D eigenvalue weighted by molar-refractivity contribution is 5.83. The molecule has 1 heterocycles. The second kappa shape index (κ2) is 6.58. The van der Waals surface area contributed by atoms with Gasteiger partial charge in [-0.25, -0.2) is 9.59 Å². The first-order valence-corrected chi connectivity index (χ1v) is 6.35. The van der Waals surface area contributed by atoms with Crippen molar-refractivity contribution in [1.82, 2.24) is 10.2 Å². The van der Waals surface area contributed by atoms with E-state index >= 15 is 0 Å². The Labute approximate surface area is 107 Å². The summed E-state index contributed by atoms with van der Waals surface area (Å²) in [5, 5.41) is 11.9. The maximum atomic E-state index is 12.1. The molecule has 18 heavy (non-hydrogen) atoms. The van der Waals surface area contributed by atoms with Gasteiger partial charge in [0, 0.05) is 12.6 Å². The van der Waals surface area contributed by atoms with Gasteiger partial charge in [-0.05, 0) is 12.3 Å². The Balaban J connectivity index is 2.65. The molecule has 0 radical (unpaired) electrons. The van der Waals surface area contributed by atoms with Gasteiger partial charge in [-0.15, -0.1) is 0 Å². The van der Waals surface area contributed by atoms with Crippen LogP contribution in [0.25, 0.3) is 0 Å². The minimum atomic E-state index is -1.03. The summed E-state index contributed by atoms with van der Waals surface area (Å²) in [7, 11) is 0. The first-order chi connectivity index (χ1) is 8.47. The van der Waals surface area contributed by atoms with E-state index in [1.54, 1.807) is 0 Å². The lowest BCUT2D eigenvalue weighted by atomic mass is 10.0. The molecular formula is C12H22N2O4. The van der Waals surface area contributed by atoms with Crippen LogP contribution in [0.4, 0.5) is 4.79 Å². The smallest absolute Gasteiger partial charge is 0.328 e. The number of aliphatic carboxylic acids is 1. The van der Waals surface area contributed by atoms with Crippen LogP contribution in [0.2, 0.25) is 0 Å². The molecule has 1 fully saturated rings. The van der Waals surface area contributed by atoms with Gasteiger partial charge < -0.3 is 20.1 Å². The number of carbonyl (C=O) groups is 2. The fourth-order valence-corrected chi connectivity index (χ4v) is 2.03. The number of ether oxygens (including phenoxy) is 1. The van der Waals surface area contributed by atoms with Gasteiger partial charge in [0.2, 0.25) is 0 Å². The molecule has 1 aliphatic heterocycles. The van der Waals surface area contributed by atoms with Crippen molar-refractivity contribution in [3.05, 3.63) is 0 Å². The summed E-state index contributed by atoms with van der Waals surface area (Å²) in [5.41, 5.74) is 0. The molecule has 2 unspecified atom stereocenters. The number of morpholine rings is 1. The minimum Gasteiger partial charge on any atom is -0.480 e. The number of carboxylic acid groups (broad SMARTS) is 1. The Hall–Kier alpha value is -1.30. The number of urea groups is 1. The zero-order chi connectivity index (χ0) is 13.7. The zero-order valence-electron chi connectivity index (χ0n) is 11.2. The lowest BCUT2D eigenvalue weighted by Crippen LogP contribution is -2.57. The monoisotopic (exact) mass is 258 g/mol. The molecule has 6 nitrogen and oxygen atoms in total. The van der Waals surface area contributed by atoms with Crippen LogP contribution in [0.5, 0.6) is 0 Å². The van der Waals surface area contributed by atoms with Crippen LogP contribution in [0.3, 0.4) is 0 Å². The predicted molar refractivity (Wildman–Crippen MR) is 66.4 cm³/mol. The summed E-state index contributed by atoms with van der Waals surface area (Å²) in [5.74, 6) is -0.703. The van der Waals surface area contributed by atoms with E-state index in [4.69, 9.17) is 9.84 Å². The van der Waals surface area contributed by atoms with E-state index in [1.165, 1.54) is 4.90 Å². The van der Waals surface area contributed by atoms with Gasteiger partial charge in [0.25, 0.3) is 0 Å². The molecular weight excluding hydrogens is 236 g/mol. The Morgan fingerprint density at radius 2 is 2.17 bits per heavy atom. The third kappa shape index (κ3) is 3.60. The number of amides is 2. The summed E-state index contributed by atoms with van der Waals surface area (Å²) in [6.45, 7) is 6.82. The van der Waals surface area contributed by atoms with E-state index in [0.29, 0.717) is 19.1 Å². The molecule has 104 valence electrons. The molecule has 0 bridgehead atoms. The van der Waals surface area contributed by atoms with Crippen molar-refractivity contribution in [2.24, 2.45) is 5.92 Å². The van der Waals surface area contributed by atoms with Crippen LogP contribution >= 0.6 is 0 Å². The van der Waals surface area contributed by atoms with Gasteiger partial charge in [-0.3, -0.25) is 0 Å². The Bertz CT molecular complexity index is 306. The molecule has 6 heteroatoms. The lowest BCUT2D eigenvalue weighted by molar-refractivity contribution is -0.147. The van der Waals surface area contributed by atoms with E-state index in [2.05, 4.69) is 5.32 Å². The molecule has 0 saturated carbocycles. The van der Waals surface area contributed by atoms with Crippen LogP contribution < -0.4 is 5.32 Å². The molecule has 0 aromatic heterocycles. The standard InChI is InChI=1S/C12H22N2O4/c1-4-9(8(2)3)13-12(17)14-5-6-18-7-10(14)11(15)16/h8-10H,4-7H2,1-3H3,(H,13,17)(H,15,16). The van der Waals surface area contributed by atoms with E-state index < -0.39 is 12.0 Å². The third-order valence-electron chi connectivity index (χ3n) is 3.23. The average Bonchev–Trinajstić information content (AvgIpc) is 2.35. The quantitative estimate of drug-likeness (QED) is 0.785. The predicted octanol–water partition coefficient (Wildman–Crippen LogP) is 0.916. The van der Waals surface area contributed by atoms with Crippen LogP contribution in [-0.2, 0) is 9.53 Å². The molecule has 2 amide bonds.